The van der Waals surface area contributed by atoms with Crippen LogP contribution in [0.2, 0.25) is 0 Å². The van der Waals surface area contributed by atoms with Crippen LogP contribution >= 0.6 is 0 Å². The summed E-state index contributed by atoms with van der Waals surface area (Å²) in [6, 6.07) is 9.48. The fourth-order valence-corrected chi connectivity index (χ4v) is 2.44. The second kappa shape index (κ2) is 5.81. The molecule has 0 bridgehead atoms. The monoisotopic (exact) mass is 277 g/mol. The summed E-state index contributed by atoms with van der Waals surface area (Å²) in [6.07, 6.45) is 3.05. The number of nitrogens with one attached hydrogen (secondary N) is 2. The Bertz CT molecular complexity index is 631. The van der Waals surface area contributed by atoms with Crippen molar-refractivity contribution < 1.29 is 8.42 Å². The zero-order chi connectivity index (χ0) is 13.7. The van der Waals surface area contributed by atoms with E-state index in [4.69, 9.17) is 0 Å². The van der Waals surface area contributed by atoms with E-state index < -0.39 is 10.0 Å². The molecule has 2 N–H and O–H groups in total. The van der Waals surface area contributed by atoms with E-state index in [1.807, 2.05) is 30.3 Å². The first-order valence-corrected chi connectivity index (χ1v) is 7.43. The normalized spacial score (nSPS) is 11.4. The Morgan fingerprint density at radius 2 is 2.00 bits per heavy atom. The third-order valence-electron chi connectivity index (χ3n) is 2.60. The highest BCUT2D eigenvalue weighted by atomic mass is 32.2. The van der Waals surface area contributed by atoms with Crippen molar-refractivity contribution in [1.82, 2.24) is 14.9 Å². The van der Waals surface area contributed by atoms with Gasteiger partial charge < -0.3 is 0 Å². The van der Waals surface area contributed by atoms with Gasteiger partial charge in [0.25, 0.3) is 0 Å². The molecule has 1 aromatic carbocycles. The van der Waals surface area contributed by atoms with Gasteiger partial charge in [-0.05, 0) is 17.2 Å². The van der Waals surface area contributed by atoms with Crippen molar-refractivity contribution in [2.24, 2.45) is 0 Å². The molecule has 0 radical (unpaired) electrons. The molecular weight excluding hydrogens is 262 g/mol. The fraction of sp³-hybridized carbons (Fsp3) is 0.154. The first kappa shape index (κ1) is 13.5. The second-order valence-electron chi connectivity index (χ2n) is 4.06. The van der Waals surface area contributed by atoms with E-state index in [2.05, 4.69) is 21.5 Å². The van der Waals surface area contributed by atoms with Gasteiger partial charge in [-0.15, -0.1) is 6.58 Å². The third-order valence-corrected chi connectivity index (χ3v) is 3.86. The van der Waals surface area contributed by atoms with Crippen molar-refractivity contribution in [2.75, 3.05) is 5.75 Å². The first-order chi connectivity index (χ1) is 9.11. The number of rotatable bonds is 6. The molecule has 5 nitrogen and oxygen atoms in total. The maximum Gasteiger partial charge on any atom is 0.215 e. The SMILES string of the molecule is C=CCS(=O)(=O)NCc1ccc(-c2ccn[nH]2)cc1. The van der Waals surface area contributed by atoms with Crippen molar-refractivity contribution in [3.63, 3.8) is 0 Å². The number of hydrogen-bond acceptors (Lipinski definition) is 3. The third kappa shape index (κ3) is 3.77. The lowest BCUT2D eigenvalue weighted by atomic mass is 10.1. The summed E-state index contributed by atoms with van der Waals surface area (Å²) in [5, 5.41) is 6.76. The summed E-state index contributed by atoms with van der Waals surface area (Å²) >= 11 is 0. The lowest BCUT2D eigenvalue weighted by Gasteiger charge is -2.05. The van der Waals surface area contributed by atoms with Gasteiger partial charge in [0.15, 0.2) is 0 Å². The van der Waals surface area contributed by atoms with Crippen molar-refractivity contribution in [1.29, 1.82) is 0 Å². The second-order valence-corrected chi connectivity index (χ2v) is 5.91. The fourth-order valence-electron chi connectivity index (χ4n) is 1.63. The maximum atomic E-state index is 11.5. The number of sulfonamides is 1. The molecule has 100 valence electrons. The summed E-state index contributed by atoms with van der Waals surface area (Å²) in [5.41, 5.74) is 2.84. The number of H-pyrrole nitrogens is 1. The minimum absolute atomic E-state index is 0.0702. The van der Waals surface area contributed by atoms with Crippen molar-refractivity contribution >= 4 is 10.0 Å². The number of aromatic nitrogens is 2. The van der Waals surface area contributed by atoms with Crippen LogP contribution in [0.25, 0.3) is 11.3 Å². The highest BCUT2D eigenvalue weighted by Gasteiger charge is 2.07. The quantitative estimate of drug-likeness (QED) is 0.789. The predicted octanol–water partition coefficient (Wildman–Crippen LogP) is 1.68. The maximum absolute atomic E-state index is 11.5. The molecule has 0 spiro atoms. The van der Waals surface area contributed by atoms with Gasteiger partial charge in [-0.25, -0.2) is 13.1 Å². The Hall–Kier alpha value is -1.92. The van der Waals surface area contributed by atoms with Crippen LogP contribution in [-0.2, 0) is 16.6 Å². The summed E-state index contributed by atoms with van der Waals surface area (Å²) in [7, 11) is -3.27. The Labute approximate surface area is 112 Å². The molecule has 0 amide bonds. The first-order valence-electron chi connectivity index (χ1n) is 5.77. The van der Waals surface area contributed by atoms with E-state index in [-0.39, 0.29) is 12.3 Å². The largest absolute Gasteiger partial charge is 0.278 e. The minimum Gasteiger partial charge on any atom is -0.278 e. The van der Waals surface area contributed by atoms with E-state index in [1.54, 1.807) is 6.20 Å². The molecule has 0 aliphatic carbocycles. The molecule has 2 rings (SSSR count). The van der Waals surface area contributed by atoms with Crippen LogP contribution in [0.1, 0.15) is 5.56 Å². The number of aromatic amines is 1. The van der Waals surface area contributed by atoms with E-state index in [0.717, 1.165) is 16.8 Å². The van der Waals surface area contributed by atoms with Crippen LogP contribution in [0.3, 0.4) is 0 Å². The van der Waals surface area contributed by atoms with Gasteiger partial charge >= 0.3 is 0 Å². The van der Waals surface area contributed by atoms with Gasteiger partial charge in [0.05, 0.1) is 11.4 Å². The molecule has 0 atom stereocenters. The molecule has 6 heteroatoms. The Kier molecular flexibility index (Phi) is 4.13. The molecule has 0 saturated heterocycles. The Morgan fingerprint density at radius 1 is 1.26 bits per heavy atom. The molecule has 0 fully saturated rings. The highest BCUT2D eigenvalue weighted by Crippen LogP contribution is 2.16. The standard InChI is InChI=1S/C13H15N3O2S/c1-2-9-19(17,18)15-10-11-3-5-12(6-4-11)13-7-8-14-16-13/h2-8,15H,1,9-10H2,(H,14,16). The number of hydrogen-bond donors (Lipinski definition) is 2. The van der Waals surface area contributed by atoms with Crippen molar-refractivity contribution in [2.45, 2.75) is 6.54 Å². The van der Waals surface area contributed by atoms with Crippen molar-refractivity contribution in [3.8, 4) is 11.3 Å². The number of benzene rings is 1. The van der Waals surface area contributed by atoms with E-state index in [0.29, 0.717) is 0 Å². The summed E-state index contributed by atoms with van der Waals surface area (Å²) in [4.78, 5) is 0. The molecule has 1 aromatic heterocycles. The van der Waals surface area contributed by atoms with Gasteiger partial charge in [-0.1, -0.05) is 30.3 Å². The summed E-state index contributed by atoms with van der Waals surface area (Å²) in [5.74, 6) is -0.0702. The molecule has 1 heterocycles. The van der Waals surface area contributed by atoms with Crippen molar-refractivity contribution in [3.05, 3.63) is 54.7 Å². The molecular formula is C13H15N3O2S. The van der Waals surface area contributed by atoms with Crippen LogP contribution in [0.5, 0.6) is 0 Å². The van der Waals surface area contributed by atoms with Gasteiger partial charge in [0, 0.05) is 12.7 Å². The van der Waals surface area contributed by atoms with Crippen LogP contribution in [0.4, 0.5) is 0 Å². The van der Waals surface area contributed by atoms with E-state index >= 15 is 0 Å². The Balaban J connectivity index is 2.02. The minimum atomic E-state index is -3.27. The molecule has 0 unspecified atom stereocenters. The average molecular weight is 277 g/mol. The zero-order valence-electron chi connectivity index (χ0n) is 10.3. The van der Waals surface area contributed by atoms with Crippen LogP contribution in [-0.4, -0.2) is 24.4 Å². The highest BCUT2D eigenvalue weighted by molar-refractivity contribution is 7.89. The smallest absolute Gasteiger partial charge is 0.215 e. The number of nitrogens with zero attached hydrogens (tertiary/aromatic N) is 1. The molecule has 2 aromatic rings. The lowest BCUT2D eigenvalue weighted by molar-refractivity contribution is 0.584. The zero-order valence-corrected chi connectivity index (χ0v) is 11.2. The average Bonchev–Trinajstić information content (AvgIpc) is 2.91. The summed E-state index contributed by atoms with van der Waals surface area (Å²) < 4.78 is 25.4. The van der Waals surface area contributed by atoms with Gasteiger partial charge in [-0.3, -0.25) is 5.10 Å². The topological polar surface area (TPSA) is 74.8 Å². The molecule has 0 saturated carbocycles. The van der Waals surface area contributed by atoms with E-state index in [1.165, 1.54) is 6.08 Å². The van der Waals surface area contributed by atoms with Crippen LogP contribution in [0, 0.1) is 0 Å². The molecule has 0 aliphatic rings. The predicted molar refractivity (Wildman–Crippen MR) is 74.8 cm³/mol. The molecule has 0 aliphatic heterocycles. The van der Waals surface area contributed by atoms with E-state index in [9.17, 15) is 8.42 Å². The van der Waals surface area contributed by atoms with Gasteiger partial charge in [0.1, 0.15) is 0 Å². The van der Waals surface area contributed by atoms with Crippen LogP contribution < -0.4 is 4.72 Å². The Morgan fingerprint density at radius 3 is 2.58 bits per heavy atom. The lowest BCUT2D eigenvalue weighted by Crippen LogP contribution is -2.24. The summed E-state index contributed by atoms with van der Waals surface area (Å²) in [6.45, 7) is 3.69. The van der Waals surface area contributed by atoms with Gasteiger partial charge in [-0.2, -0.15) is 5.10 Å². The van der Waals surface area contributed by atoms with Crippen LogP contribution in [0.15, 0.2) is 49.2 Å². The molecule has 19 heavy (non-hydrogen) atoms. The van der Waals surface area contributed by atoms with Gasteiger partial charge in [0.2, 0.25) is 10.0 Å².